The maximum atomic E-state index is 12.5. The van der Waals surface area contributed by atoms with Gasteiger partial charge in [-0.05, 0) is 24.1 Å². The van der Waals surface area contributed by atoms with Crippen molar-refractivity contribution in [2.75, 3.05) is 19.6 Å². The van der Waals surface area contributed by atoms with Gasteiger partial charge in [-0.2, -0.15) is 4.31 Å². The molecule has 0 atom stereocenters. The minimum atomic E-state index is -3.50. The van der Waals surface area contributed by atoms with Crippen LogP contribution < -0.4 is 5.32 Å². The molecule has 20 heavy (non-hydrogen) atoms. The molecule has 1 fully saturated rings. The van der Waals surface area contributed by atoms with Crippen LogP contribution in [0.3, 0.4) is 0 Å². The van der Waals surface area contributed by atoms with Gasteiger partial charge in [0.2, 0.25) is 15.9 Å². The summed E-state index contributed by atoms with van der Waals surface area (Å²) < 4.78 is 26.4. The van der Waals surface area contributed by atoms with Gasteiger partial charge in [0.05, 0.1) is 4.90 Å². The van der Waals surface area contributed by atoms with Gasteiger partial charge >= 0.3 is 0 Å². The molecule has 1 saturated heterocycles. The molecule has 0 bridgehead atoms. The van der Waals surface area contributed by atoms with Crippen LogP contribution in [0.15, 0.2) is 29.2 Å². The number of benzene rings is 1. The molecule has 1 N–H and O–H groups in total. The maximum absolute atomic E-state index is 12.5. The molecule has 0 radical (unpaired) electrons. The molecule has 1 aromatic rings. The Morgan fingerprint density at radius 3 is 2.55 bits per heavy atom. The number of nitrogens with one attached hydrogen (secondary N) is 1. The minimum absolute atomic E-state index is 0.0963. The van der Waals surface area contributed by atoms with Gasteiger partial charge in [-0.1, -0.05) is 25.5 Å². The van der Waals surface area contributed by atoms with E-state index in [4.69, 9.17) is 0 Å². The number of carbonyl (C=O) groups is 1. The van der Waals surface area contributed by atoms with Gasteiger partial charge in [0, 0.05) is 26.1 Å². The highest BCUT2D eigenvalue weighted by atomic mass is 32.2. The van der Waals surface area contributed by atoms with Crippen molar-refractivity contribution < 1.29 is 13.2 Å². The van der Waals surface area contributed by atoms with Gasteiger partial charge in [0.1, 0.15) is 0 Å². The molecule has 5 nitrogen and oxygen atoms in total. The molecule has 0 spiro atoms. The number of hydrogen-bond donors (Lipinski definition) is 1. The zero-order valence-corrected chi connectivity index (χ0v) is 12.4. The van der Waals surface area contributed by atoms with Crippen LogP contribution in [0.25, 0.3) is 0 Å². The van der Waals surface area contributed by atoms with Crippen molar-refractivity contribution in [3.8, 4) is 0 Å². The van der Waals surface area contributed by atoms with Crippen molar-refractivity contribution in [3.63, 3.8) is 0 Å². The van der Waals surface area contributed by atoms with Crippen LogP contribution in [0.5, 0.6) is 0 Å². The highest BCUT2D eigenvalue weighted by Crippen LogP contribution is 2.18. The van der Waals surface area contributed by atoms with E-state index in [0.717, 1.165) is 18.4 Å². The van der Waals surface area contributed by atoms with Crippen molar-refractivity contribution in [2.24, 2.45) is 0 Å². The van der Waals surface area contributed by atoms with E-state index in [1.807, 2.05) is 12.1 Å². The fourth-order valence-corrected chi connectivity index (χ4v) is 3.69. The van der Waals surface area contributed by atoms with Gasteiger partial charge in [-0.15, -0.1) is 0 Å². The second-order valence-electron chi connectivity index (χ2n) is 4.90. The second kappa shape index (κ2) is 6.37. The topological polar surface area (TPSA) is 66.5 Å². The molecule has 6 heteroatoms. The van der Waals surface area contributed by atoms with Crippen LogP contribution in [0.4, 0.5) is 0 Å². The van der Waals surface area contributed by atoms with E-state index in [9.17, 15) is 13.2 Å². The van der Waals surface area contributed by atoms with Gasteiger partial charge in [0.15, 0.2) is 0 Å². The van der Waals surface area contributed by atoms with E-state index in [-0.39, 0.29) is 18.9 Å². The fourth-order valence-electron chi connectivity index (χ4n) is 2.25. The zero-order valence-electron chi connectivity index (χ0n) is 11.6. The minimum Gasteiger partial charge on any atom is -0.355 e. The van der Waals surface area contributed by atoms with E-state index in [1.54, 1.807) is 12.1 Å². The summed E-state index contributed by atoms with van der Waals surface area (Å²) >= 11 is 0. The number of aryl methyl sites for hydroxylation is 1. The van der Waals surface area contributed by atoms with Crippen LogP contribution in [-0.2, 0) is 21.2 Å². The third-order valence-corrected chi connectivity index (χ3v) is 5.28. The Kier molecular flexibility index (Phi) is 4.77. The van der Waals surface area contributed by atoms with Crippen LogP contribution in [0.2, 0.25) is 0 Å². The quantitative estimate of drug-likeness (QED) is 0.906. The van der Waals surface area contributed by atoms with E-state index < -0.39 is 10.0 Å². The molecule has 1 amide bonds. The van der Waals surface area contributed by atoms with Crippen molar-refractivity contribution in [1.29, 1.82) is 0 Å². The first-order valence-electron chi connectivity index (χ1n) is 6.90. The third kappa shape index (κ3) is 3.37. The monoisotopic (exact) mass is 296 g/mol. The van der Waals surface area contributed by atoms with Crippen LogP contribution in [0.1, 0.15) is 25.3 Å². The normalized spacial score (nSPS) is 17.6. The largest absolute Gasteiger partial charge is 0.355 e. The molecule has 0 aromatic heterocycles. The van der Waals surface area contributed by atoms with Crippen LogP contribution in [0, 0.1) is 0 Å². The maximum Gasteiger partial charge on any atom is 0.243 e. The predicted octanol–water partition coefficient (Wildman–Crippen LogP) is 1.15. The summed E-state index contributed by atoms with van der Waals surface area (Å²) in [7, 11) is -3.50. The van der Waals surface area contributed by atoms with Crippen molar-refractivity contribution >= 4 is 15.9 Å². The summed E-state index contributed by atoms with van der Waals surface area (Å²) in [6, 6.07) is 7.02. The van der Waals surface area contributed by atoms with Gasteiger partial charge in [-0.3, -0.25) is 4.79 Å². The molecule has 2 rings (SSSR count). The summed E-state index contributed by atoms with van der Waals surface area (Å²) in [6.07, 6.45) is 2.20. The number of sulfonamides is 1. The molecule has 0 unspecified atom stereocenters. The van der Waals surface area contributed by atoms with Gasteiger partial charge in [-0.25, -0.2) is 8.42 Å². The van der Waals surface area contributed by atoms with Gasteiger partial charge in [0.25, 0.3) is 0 Å². The first kappa shape index (κ1) is 15.0. The smallest absolute Gasteiger partial charge is 0.243 e. The van der Waals surface area contributed by atoms with E-state index >= 15 is 0 Å². The summed E-state index contributed by atoms with van der Waals surface area (Å²) in [5, 5.41) is 2.68. The Morgan fingerprint density at radius 1 is 1.20 bits per heavy atom. The Bertz CT molecular complexity index is 567. The second-order valence-corrected chi connectivity index (χ2v) is 6.84. The standard InChI is InChI=1S/C14H20N2O3S/c1-2-3-12-4-6-13(7-5-12)20(18,19)16-10-8-14(17)15-9-11-16/h4-7H,2-3,8-11H2,1H3,(H,15,17). The number of amides is 1. The zero-order chi connectivity index (χ0) is 14.6. The summed E-state index contributed by atoms with van der Waals surface area (Å²) in [4.78, 5) is 11.6. The van der Waals surface area contributed by atoms with Crippen molar-refractivity contribution in [2.45, 2.75) is 31.1 Å². The first-order valence-corrected chi connectivity index (χ1v) is 8.34. The molecular formula is C14H20N2O3S. The Balaban J connectivity index is 2.18. The Morgan fingerprint density at radius 2 is 1.90 bits per heavy atom. The van der Waals surface area contributed by atoms with Crippen LogP contribution >= 0.6 is 0 Å². The summed E-state index contributed by atoms with van der Waals surface area (Å²) in [5.74, 6) is -0.0963. The number of nitrogens with zero attached hydrogens (tertiary/aromatic N) is 1. The molecule has 1 aliphatic rings. The summed E-state index contributed by atoms with van der Waals surface area (Å²) in [5.41, 5.74) is 1.14. The SMILES string of the molecule is CCCc1ccc(S(=O)(=O)N2CCNC(=O)CC2)cc1. The lowest BCUT2D eigenvalue weighted by atomic mass is 10.1. The summed E-state index contributed by atoms with van der Waals surface area (Å²) in [6.45, 7) is 3.02. The molecular weight excluding hydrogens is 276 g/mol. The number of carbonyl (C=O) groups excluding carboxylic acids is 1. The van der Waals surface area contributed by atoms with E-state index in [0.29, 0.717) is 18.0 Å². The highest BCUT2D eigenvalue weighted by Gasteiger charge is 2.26. The van der Waals surface area contributed by atoms with E-state index in [2.05, 4.69) is 12.2 Å². The lowest BCUT2D eigenvalue weighted by Crippen LogP contribution is -2.34. The van der Waals surface area contributed by atoms with E-state index in [1.165, 1.54) is 4.31 Å². The Labute approximate surface area is 120 Å². The Hall–Kier alpha value is -1.40. The average Bonchev–Trinajstić information content (AvgIpc) is 2.65. The number of hydrogen-bond acceptors (Lipinski definition) is 3. The first-order chi connectivity index (χ1) is 9.54. The molecule has 1 aliphatic heterocycles. The molecule has 0 saturated carbocycles. The molecule has 110 valence electrons. The molecule has 0 aliphatic carbocycles. The van der Waals surface area contributed by atoms with Crippen molar-refractivity contribution in [3.05, 3.63) is 29.8 Å². The lowest BCUT2D eigenvalue weighted by molar-refractivity contribution is -0.120. The fraction of sp³-hybridized carbons (Fsp3) is 0.500. The molecule has 1 heterocycles. The van der Waals surface area contributed by atoms with Gasteiger partial charge < -0.3 is 5.32 Å². The molecule has 1 aromatic carbocycles. The van der Waals surface area contributed by atoms with Crippen molar-refractivity contribution in [1.82, 2.24) is 9.62 Å². The average molecular weight is 296 g/mol. The lowest BCUT2D eigenvalue weighted by Gasteiger charge is -2.19. The highest BCUT2D eigenvalue weighted by molar-refractivity contribution is 7.89. The number of rotatable bonds is 4. The third-order valence-electron chi connectivity index (χ3n) is 3.37. The predicted molar refractivity (Wildman–Crippen MR) is 76.8 cm³/mol. The van der Waals surface area contributed by atoms with Crippen LogP contribution in [-0.4, -0.2) is 38.3 Å².